The summed E-state index contributed by atoms with van der Waals surface area (Å²) < 4.78 is 11.6. The molecule has 0 aliphatic carbocycles. The Kier molecular flexibility index (Phi) is 2.80. The Bertz CT molecular complexity index is 435. The van der Waals surface area contributed by atoms with Crippen molar-refractivity contribution in [3.8, 4) is 5.75 Å². The van der Waals surface area contributed by atoms with E-state index >= 15 is 0 Å². The fraction of sp³-hybridized carbons (Fsp3) is 0.364. The number of hydrogen-bond acceptors (Lipinski definition) is 3. The molecule has 16 heavy (non-hydrogen) atoms. The van der Waals surface area contributed by atoms with Gasteiger partial charge < -0.3 is 15.2 Å². The first kappa shape index (κ1) is 11.3. The van der Waals surface area contributed by atoms with E-state index in [4.69, 9.17) is 15.2 Å². The van der Waals surface area contributed by atoms with Crippen LogP contribution in [0, 0.1) is 0 Å². The maximum Gasteiger partial charge on any atom is 0.405 e. The molecule has 1 aliphatic heterocycles. The molecule has 0 bridgehead atoms. The van der Waals surface area contributed by atoms with Crippen LogP contribution in [0.5, 0.6) is 5.75 Å². The number of ether oxygens (including phenoxy) is 2. The van der Waals surface area contributed by atoms with E-state index in [9.17, 15) is 4.79 Å². The lowest BCUT2D eigenvalue weighted by Crippen LogP contribution is -2.36. The van der Waals surface area contributed by atoms with Crippen LogP contribution in [-0.2, 0) is 10.3 Å². The molecule has 86 valence electrons. The monoisotopic (exact) mass is 285 g/mol. The van der Waals surface area contributed by atoms with Gasteiger partial charge in [0.2, 0.25) is 0 Å². The smallest absolute Gasteiger partial charge is 0.405 e. The van der Waals surface area contributed by atoms with Gasteiger partial charge in [-0.3, -0.25) is 0 Å². The summed E-state index contributed by atoms with van der Waals surface area (Å²) in [5, 5.41) is 0. The molecule has 1 aromatic carbocycles. The SMILES string of the molecule is CC1(OC(N)=O)CCOc2cc(Br)ccc21. The molecular formula is C11H12BrNO3. The number of primary amides is 1. The number of carbonyl (C=O) groups excluding carboxylic acids is 1. The Hall–Kier alpha value is -1.23. The Balaban J connectivity index is 2.43. The molecule has 1 heterocycles. The van der Waals surface area contributed by atoms with Gasteiger partial charge in [0.05, 0.1) is 6.61 Å². The lowest BCUT2D eigenvalue weighted by molar-refractivity contribution is -0.00285. The first-order chi connectivity index (χ1) is 7.51. The summed E-state index contributed by atoms with van der Waals surface area (Å²) in [7, 11) is 0. The number of hydrogen-bond donors (Lipinski definition) is 1. The van der Waals surface area contributed by atoms with Gasteiger partial charge in [-0.15, -0.1) is 0 Å². The highest BCUT2D eigenvalue weighted by atomic mass is 79.9. The lowest BCUT2D eigenvalue weighted by Gasteiger charge is -2.34. The van der Waals surface area contributed by atoms with Gasteiger partial charge in [0.15, 0.2) is 0 Å². The van der Waals surface area contributed by atoms with Gasteiger partial charge in [0.1, 0.15) is 11.4 Å². The highest BCUT2D eigenvalue weighted by molar-refractivity contribution is 9.10. The number of carbonyl (C=O) groups is 1. The van der Waals surface area contributed by atoms with Gasteiger partial charge in [0, 0.05) is 16.5 Å². The van der Waals surface area contributed by atoms with Gasteiger partial charge >= 0.3 is 6.09 Å². The predicted molar refractivity (Wildman–Crippen MR) is 62.3 cm³/mol. The quantitative estimate of drug-likeness (QED) is 0.863. The largest absolute Gasteiger partial charge is 0.493 e. The van der Waals surface area contributed by atoms with E-state index in [1.54, 1.807) is 0 Å². The summed E-state index contributed by atoms with van der Waals surface area (Å²) in [4.78, 5) is 10.9. The van der Waals surface area contributed by atoms with Crippen LogP contribution in [0.2, 0.25) is 0 Å². The first-order valence-corrected chi connectivity index (χ1v) is 5.72. The normalized spacial score (nSPS) is 23.1. The van der Waals surface area contributed by atoms with Crippen LogP contribution in [0.25, 0.3) is 0 Å². The summed E-state index contributed by atoms with van der Waals surface area (Å²) in [6.45, 7) is 2.35. The minimum absolute atomic E-state index is 0.507. The Morgan fingerprint density at radius 2 is 2.38 bits per heavy atom. The molecule has 0 saturated heterocycles. The zero-order valence-electron chi connectivity index (χ0n) is 8.83. The van der Waals surface area contributed by atoms with Gasteiger partial charge in [0.25, 0.3) is 0 Å². The Morgan fingerprint density at radius 3 is 3.06 bits per heavy atom. The van der Waals surface area contributed by atoms with Crippen molar-refractivity contribution in [3.05, 3.63) is 28.2 Å². The second-order valence-electron chi connectivity index (χ2n) is 3.89. The third-order valence-electron chi connectivity index (χ3n) is 2.68. The maximum absolute atomic E-state index is 10.9. The summed E-state index contributed by atoms with van der Waals surface area (Å²) >= 11 is 3.37. The second-order valence-corrected chi connectivity index (χ2v) is 4.81. The minimum atomic E-state index is -0.765. The summed E-state index contributed by atoms with van der Waals surface area (Å²) in [6.07, 6.45) is -0.164. The average Bonchev–Trinajstić information content (AvgIpc) is 2.15. The molecular weight excluding hydrogens is 274 g/mol. The number of fused-ring (bicyclic) bond motifs is 1. The van der Waals surface area contributed by atoms with E-state index in [0.29, 0.717) is 13.0 Å². The van der Waals surface area contributed by atoms with Gasteiger partial charge in [-0.2, -0.15) is 0 Å². The van der Waals surface area contributed by atoms with E-state index in [0.717, 1.165) is 15.8 Å². The molecule has 0 fully saturated rings. The van der Waals surface area contributed by atoms with Crippen LogP contribution in [0.4, 0.5) is 4.79 Å². The Labute approximate surface area is 102 Å². The van der Waals surface area contributed by atoms with Gasteiger partial charge in [-0.25, -0.2) is 4.79 Å². The molecule has 1 amide bonds. The molecule has 5 heteroatoms. The number of benzene rings is 1. The fourth-order valence-electron chi connectivity index (χ4n) is 1.87. The van der Waals surface area contributed by atoms with Crippen molar-refractivity contribution in [3.63, 3.8) is 0 Å². The zero-order valence-corrected chi connectivity index (χ0v) is 10.4. The van der Waals surface area contributed by atoms with Gasteiger partial charge in [-0.1, -0.05) is 22.0 Å². The van der Waals surface area contributed by atoms with E-state index in [-0.39, 0.29) is 0 Å². The van der Waals surface area contributed by atoms with Crippen molar-refractivity contribution in [1.82, 2.24) is 0 Å². The molecule has 1 aromatic rings. The van der Waals surface area contributed by atoms with Crippen molar-refractivity contribution in [1.29, 1.82) is 0 Å². The highest BCUT2D eigenvalue weighted by Gasteiger charge is 2.36. The van der Waals surface area contributed by atoms with E-state index in [1.165, 1.54) is 0 Å². The Morgan fingerprint density at radius 1 is 1.62 bits per heavy atom. The van der Waals surface area contributed by atoms with E-state index < -0.39 is 11.7 Å². The minimum Gasteiger partial charge on any atom is -0.493 e. The van der Waals surface area contributed by atoms with Crippen LogP contribution < -0.4 is 10.5 Å². The first-order valence-electron chi connectivity index (χ1n) is 4.92. The second kappa shape index (κ2) is 3.97. The molecule has 1 unspecified atom stereocenters. The summed E-state index contributed by atoms with van der Waals surface area (Å²) in [6, 6.07) is 5.62. The van der Waals surface area contributed by atoms with Gasteiger partial charge in [-0.05, 0) is 19.1 Å². The number of rotatable bonds is 1. The topological polar surface area (TPSA) is 61.5 Å². The third kappa shape index (κ3) is 2.00. The van der Waals surface area contributed by atoms with Crippen molar-refractivity contribution >= 4 is 22.0 Å². The van der Waals surface area contributed by atoms with Crippen molar-refractivity contribution in [2.75, 3.05) is 6.61 Å². The van der Waals surface area contributed by atoms with Crippen LogP contribution >= 0.6 is 15.9 Å². The van der Waals surface area contributed by atoms with E-state index in [1.807, 2.05) is 25.1 Å². The van der Waals surface area contributed by atoms with E-state index in [2.05, 4.69) is 15.9 Å². The third-order valence-corrected chi connectivity index (χ3v) is 3.17. The van der Waals surface area contributed by atoms with Crippen LogP contribution in [0.3, 0.4) is 0 Å². The van der Waals surface area contributed by atoms with Crippen LogP contribution in [0.15, 0.2) is 22.7 Å². The lowest BCUT2D eigenvalue weighted by atomic mass is 9.90. The molecule has 1 atom stereocenters. The molecule has 0 spiro atoms. The molecule has 4 nitrogen and oxygen atoms in total. The molecule has 0 saturated carbocycles. The highest BCUT2D eigenvalue weighted by Crippen LogP contribution is 2.40. The van der Waals surface area contributed by atoms with Crippen molar-refractivity contribution < 1.29 is 14.3 Å². The molecule has 2 rings (SSSR count). The molecule has 0 aromatic heterocycles. The summed E-state index contributed by atoms with van der Waals surface area (Å²) in [5.41, 5.74) is 5.24. The molecule has 1 aliphatic rings. The molecule has 2 N–H and O–H groups in total. The van der Waals surface area contributed by atoms with Crippen LogP contribution in [-0.4, -0.2) is 12.7 Å². The van der Waals surface area contributed by atoms with Crippen molar-refractivity contribution in [2.45, 2.75) is 18.9 Å². The number of halogens is 1. The average molecular weight is 286 g/mol. The summed E-state index contributed by atoms with van der Waals surface area (Å²) in [5.74, 6) is 0.726. The fourth-order valence-corrected chi connectivity index (χ4v) is 2.21. The number of nitrogens with two attached hydrogens (primary N) is 1. The zero-order chi connectivity index (χ0) is 11.8. The predicted octanol–water partition coefficient (Wildman–Crippen LogP) is 2.54. The van der Waals surface area contributed by atoms with Crippen LogP contribution in [0.1, 0.15) is 18.9 Å². The van der Waals surface area contributed by atoms with Crippen molar-refractivity contribution in [2.24, 2.45) is 5.73 Å². The standard InChI is InChI=1S/C11H12BrNO3/c1-11(16-10(13)14)4-5-15-9-6-7(12)2-3-8(9)11/h2-3,6H,4-5H2,1H3,(H2,13,14). The number of amides is 1. The maximum atomic E-state index is 10.9. The molecule has 0 radical (unpaired) electrons.